The number of nitrogens with two attached hydrogens (primary N) is 2. The molecule has 0 fully saturated rings. The number of aliphatic carboxylic acids is 1. The quantitative estimate of drug-likeness (QED) is 0.0312. The molecule has 0 aliphatic heterocycles. The van der Waals surface area contributed by atoms with E-state index in [9.17, 15) is 39.4 Å². The molecule has 0 saturated carbocycles. The molecule has 27 nitrogen and oxygen atoms in total. The van der Waals surface area contributed by atoms with Crippen molar-refractivity contribution >= 4 is 57.4 Å². The predicted molar refractivity (Wildman–Crippen MR) is 222 cm³/mol. The van der Waals surface area contributed by atoms with Crippen molar-refractivity contribution in [3.8, 4) is 0 Å². The van der Waals surface area contributed by atoms with Crippen LogP contribution < -0.4 is 65.0 Å². The number of carbonyl (C=O) groups excluding carboxylic acids is 5. The molecule has 0 unspecified atom stereocenters. The molecule has 0 saturated heterocycles. The molecule has 0 atom stereocenters. The molecule has 31 heteroatoms. The van der Waals surface area contributed by atoms with Gasteiger partial charge in [-0.2, -0.15) is 8.42 Å². The molecule has 0 aliphatic carbocycles. The van der Waals surface area contributed by atoms with Crippen LogP contribution in [0.1, 0.15) is 98.4 Å². The number of carboxylic acids is 1. The molecule has 0 rings (SSSR count). The second-order valence-corrected chi connectivity index (χ2v) is 13.8. The van der Waals surface area contributed by atoms with Gasteiger partial charge in [-0.1, -0.05) is 0 Å². The van der Waals surface area contributed by atoms with Gasteiger partial charge in [-0.3, -0.25) is 53.8 Å². The van der Waals surface area contributed by atoms with Crippen LogP contribution in [0.4, 0.5) is 0 Å². The van der Waals surface area contributed by atoms with E-state index in [0.29, 0.717) is 13.1 Å². The topological polar surface area (TPSA) is 442 Å². The van der Waals surface area contributed by atoms with Crippen LogP contribution in [0.5, 0.6) is 0 Å². The average molecular weight is 958 g/mol. The van der Waals surface area contributed by atoms with Crippen LogP contribution in [0.15, 0.2) is 0 Å². The third-order valence-corrected chi connectivity index (χ3v) is 3.82. The van der Waals surface area contributed by atoms with Gasteiger partial charge in [0.1, 0.15) is 22.6 Å². The van der Waals surface area contributed by atoms with E-state index >= 15 is 0 Å². The number of carboxylic acid groups (broad SMARTS) is 1. The van der Waals surface area contributed by atoms with Gasteiger partial charge < -0.3 is 56.8 Å². The molecule has 366 valence electrons. The molecule has 62 heavy (non-hydrogen) atoms. The minimum absolute atomic E-state index is 0. The summed E-state index contributed by atoms with van der Waals surface area (Å²) >= 11 is 0. The minimum Gasteiger partial charge on any atom is -1.00 e. The van der Waals surface area contributed by atoms with Crippen molar-refractivity contribution in [3.63, 3.8) is 0 Å². The fraction of sp³-hybridized carbons (Fsp3) is 0.839. The summed E-state index contributed by atoms with van der Waals surface area (Å²) in [6.45, 7) is 21.7. The number of aliphatic hydroxyl groups is 2. The summed E-state index contributed by atoms with van der Waals surface area (Å²) in [6.07, 6.45) is 0. The third kappa shape index (κ3) is 225. The molecule has 0 spiro atoms. The fourth-order valence-corrected chi connectivity index (χ4v) is 1.41. The maximum atomic E-state index is 10.3. The zero-order valence-corrected chi connectivity index (χ0v) is 42.2. The molecule has 0 bridgehead atoms. The Bertz CT molecular complexity index is 1190. The van der Waals surface area contributed by atoms with Gasteiger partial charge in [0.25, 0.3) is 0 Å². The molecule has 0 heterocycles. The van der Waals surface area contributed by atoms with Crippen molar-refractivity contribution < 1.29 is 140 Å². The van der Waals surface area contributed by atoms with E-state index in [4.69, 9.17) is 73.4 Å². The van der Waals surface area contributed by atoms with Gasteiger partial charge >= 0.3 is 76.7 Å². The third-order valence-electron chi connectivity index (χ3n) is 3.82. The first-order valence-corrected chi connectivity index (χ1v) is 17.4. The van der Waals surface area contributed by atoms with E-state index in [1.54, 1.807) is 34.8 Å². The zero-order chi connectivity index (χ0) is 50.8. The van der Waals surface area contributed by atoms with Crippen LogP contribution in [0.2, 0.25) is 0 Å². The monoisotopic (exact) mass is 957 g/mol. The number of esters is 3. The summed E-state index contributed by atoms with van der Waals surface area (Å²) in [5, 5.41) is 53.0. The summed E-state index contributed by atoms with van der Waals surface area (Å²) in [4.78, 5) is 75.2. The summed E-state index contributed by atoms with van der Waals surface area (Å²) in [5.41, 5.74) is 8.11. The Kier molecular flexibility index (Phi) is 83.4. The predicted octanol–water partition coefficient (Wildman–Crippen LogP) is -7.39. The molecule has 0 aromatic rings. The smallest absolute Gasteiger partial charge is 1.00 e. The van der Waals surface area contributed by atoms with E-state index < -0.39 is 61.5 Å². The Morgan fingerprint density at radius 2 is 0.871 bits per heavy atom. The number of aliphatic hydroxyl groups excluding tert-OH is 1. The zero-order valence-electron chi connectivity index (χ0n) is 40.4. The number of methoxy groups -OCH3 is 2. The van der Waals surface area contributed by atoms with Gasteiger partial charge in [0.2, 0.25) is 13.1 Å². The van der Waals surface area contributed by atoms with Gasteiger partial charge in [-0.15, -0.1) is 0 Å². The first-order valence-electron chi connectivity index (χ1n) is 16.0. The van der Waals surface area contributed by atoms with E-state index in [1.807, 2.05) is 13.8 Å². The Morgan fingerprint density at radius 3 is 0.903 bits per heavy atom. The molecule has 0 radical (unpaired) electrons. The summed E-state index contributed by atoms with van der Waals surface area (Å²) < 4.78 is 50.1. The van der Waals surface area contributed by atoms with Crippen LogP contribution >= 0.6 is 0 Å². The van der Waals surface area contributed by atoms with Crippen molar-refractivity contribution in [2.45, 2.75) is 119 Å². The Hall–Kier alpha value is -2.29. The summed E-state index contributed by atoms with van der Waals surface area (Å²) in [6, 6.07) is 0. The first-order chi connectivity index (χ1) is 25.8. The van der Waals surface area contributed by atoms with Crippen molar-refractivity contribution in [1.29, 1.82) is 0 Å². The van der Waals surface area contributed by atoms with E-state index in [1.165, 1.54) is 55.6 Å². The van der Waals surface area contributed by atoms with Crippen molar-refractivity contribution in [2.75, 3.05) is 54.6 Å². The number of nitro groups is 3. The standard InChI is InChI=1S/C6H13NO2.C5H11NO3.C5H13NO.C4H9NO3.C4H6O3.C3H6O.C2H4O2.CH3NO2.CH4O.Al.Li.Na.H2O4S.4H/c1-5(8)9-6(2,3)4-7;1-5(2,9-3)4-6(7)8;1-5(2,4-6)7-3;1-4(2,6)3-5(7)8;1-3(5)7-4(2)6;1-3(2)4;2*1-2(3)4;1-2;;;;1-5(2,3)4;;;;/h4,7H2,1-3H3;4H2,1-3H3;4,6H2,1-3H3;6H,3H2,1-2H3;1-2H3;1-2H3;1H3,(H,3,4);1H3;2H,1H3;;;;(H2,1,2,3,4);;;;/q;;;;;;;;;;2*+1;;;;;-1/p-1. The van der Waals surface area contributed by atoms with Gasteiger partial charge in [-0.25, -0.2) is 0 Å². The van der Waals surface area contributed by atoms with Crippen LogP contribution in [-0.2, 0) is 53.3 Å². The Labute approximate surface area is 411 Å². The van der Waals surface area contributed by atoms with Crippen LogP contribution in [-0.4, -0.2) is 166 Å². The van der Waals surface area contributed by atoms with E-state index in [0.717, 1.165) is 21.1 Å². The number of hydrogen-bond acceptors (Lipinski definition) is 22. The van der Waals surface area contributed by atoms with Crippen molar-refractivity contribution in [2.24, 2.45) is 11.5 Å². The van der Waals surface area contributed by atoms with Gasteiger partial charge in [-0.05, 0) is 76.2 Å². The maximum Gasteiger partial charge on any atom is 1.00 e. The van der Waals surface area contributed by atoms with Gasteiger partial charge in [0, 0.05) is 75.9 Å². The average Bonchev–Trinajstić information content (AvgIpc) is 2.94. The van der Waals surface area contributed by atoms with E-state index in [-0.39, 0.29) is 96.0 Å². The Balaban J connectivity index is -0.0000000358. The first kappa shape index (κ1) is 94.3. The molecule has 0 aliphatic rings. The normalized spacial score (nSPS) is 9.23. The molecular weight excluding hydrogens is 883 g/mol. The largest absolute Gasteiger partial charge is 1.00 e. The number of hydrogen-bond donors (Lipinski definition) is 6. The number of Topliss-reactive ketones (excluding diaryl/α,β-unsaturated/α-hetero) is 1. The second-order valence-electron chi connectivity index (χ2n) is 12.9. The van der Waals surface area contributed by atoms with Gasteiger partial charge in [0.05, 0.1) is 5.60 Å². The Morgan fingerprint density at radius 1 is 0.661 bits per heavy atom. The maximum absolute atomic E-state index is 10.3. The van der Waals surface area contributed by atoms with Gasteiger partial charge in [0.15, 0.2) is 24.4 Å². The van der Waals surface area contributed by atoms with Crippen LogP contribution in [0.25, 0.3) is 0 Å². The number of ketones is 1. The molecule has 8 N–H and O–H groups in total. The molecule has 0 aromatic carbocycles. The number of ether oxygens (including phenoxy) is 4. The molecular formula is C31H74AlLiN5NaO22S. The SMILES string of the molecule is CC(=O)OC(C)(C)CN.CC(=O)OC(C)=O.CC(=O)[O-].CC(C)(O)C[N+](=O)[O-].CC(C)=O.CO.COC(C)(C)CN.COC(C)(C)C[N+](=O)[O-].C[N+](=O)[O-].O=S(=O)(O)O.[AlH3].[H-].[Li+].[Na+]. The number of nitrogens with zero attached hydrogens (tertiary/aromatic N) is 3. The van der Waals surface area contributed by atoms with Crippen LogP contribution in [0.3, 0.4) is 0 Å². The van der Waals surface area contributed by atoms with Crippen molar-refractivity contribution in [1.82, 2.24) is 0 Å². The van der Waals surface area contributed by atoms with Crippen molar-refractivity contribution in [3.05, 3.63) is 30.3 Å². The summed E-state index contributed by atoms with van der Waals surface area (Å²) in [5.74, 6) is -2.33. The molecule has 0 amide bonds. The molecule has 0 aromatic heterocycles. The second kappa shape index (κ2) is 54.8. The van der Waals surface area contributed by atoms with Crippen LogP contribution in [0, 0.1) is 30.3 Å². The minimum atomic E-state index is -4.67. The number of carbonyl (C=O) groups is 5. The van der Waals surface area contributed by atoms with E-state index in [2.05, 4.69) is 4.74 Å². The fourth-order valence-electron chi connectivity index (χ4n) is 1.41. The number of rotatable bonds is 9. The summed E-state index contributed by atoms with van der Waals surface area (Å²) in [7, 11) is 0.344.